The summed E-state index contributed by atoms with van der Waals surface area (Å²) in [4.78, 5) is 6.31. The van der Waals surface area contributed by atoms with Gasteiger partial charge in [-0.25, -0.2) is 4.98 Å². The van der Waals surface area contributed by atoms with Gasteiger partial charge in [0.15, 0.2) is 0 Å². The fourth-order valence-corrected chi connectivity index (χ4v) is 4.60. The Morgan fingerprint density at radius 2 is 2.15 bits per heavy atom. The van der Waals surface area contributed by atoms with Crippen molar-refractivity contribution < 1.29 is 0 Å². The van der Waals surface area contributed by atoms with Gasteiger partial charge < -0.3 is 5.32 Å². The Balaban J connectivity index is 2.17. The lowest BCUT2D eigenvalue weighted by molar-refractivity contribution is 0.368. The average Bonchev–Trinajstić information content (AvgIpc) is 2.88. The maximum absolute atomic E-state index is 4.95. The smallest absolute Gasteiger partial charge is 0.118 e. The van der Waals surface area contributed by atoms with Crippen molar-refractivity contribution in [3.05, 3.63) is 51.0 Å². The molecular formula is C17H22N2S. The van der Waals surface area contributed by atoms with Gasteiger partial charge in [0.25, 0.3) is 0 Å². The highest BCUT2D eigenvalue weighted by Gasteiger charge is 2.39. The van der Waals surface area contributed by atoms with Crippen molar-refractivity contribution in [1.29, 1.82) is 0 Å². The number of nitrogens with one attached hydrogen (secondary N) is 1. The van der Waals surface area contributed by atoms with Crippen LogP contribution in [0.4, 0.5) is 0 Å². The Morgan fingerprint density at radius 3 is 2.85 bits per heavy atom. The van der Waals surface area contributed by atoms with E-state index in [4.69, 9.17) is 4.98 Å². The lowest BCUT2D eigenvalue weighted by Gasteiger charge is -2.37. The highest BCUT2D eigenvalue weighted by Crippen LogP contribution is 2.42. The van der Waals surface area contributed by atoms with Crippen LogP contribution >= 0.6 is 11.3 Å². The second kappa shape index (κ2) is 5.30. The number of aromatic nitrogens is 1. The zero-order valence-corrected chi connectivity index (χ0v) is 13.3. The Morgan fingerprint density at radius 1 is 1.35 bits per heavy atom. The summed E-state index contributed by atoms with van der Waals surface area (Å²) in [5, 5.41) is 4.84. The third kappa shape index (κ3) is 2.00. The summed E-state index contributed by atoms with van der Waals surface area (Å²) >= 11 is 1.86. The summed E-state index contributed by atoms with van der Waals surface area (Å²) in [5.41, 5.74) is 4.06. The van der Waals surface area contributed by atoms with E-state index in [9.17, 15) is 0 Å². The molecule has 1 aromatic heterocycles. The SMILES string of the molecule is CCc1nc(C2(NC)CCCc3ccccc32)sc1C. The van der Waals surface area contributed by atoms with Crippen LogP contribution in [0.3, 0.4) is 0 Å². The predicted molar refractivity (Wildman–Crippen MR) is 85.4 cm³/mol. The molecule has 0 aliphatic heterocycles. The molecule has 2 nitrogen and oxygen atoms in total. The minimum absolute atomic E-state index is 0.0856. The molecule has 1 N–H and O–H groups in total. The van der Waals surface area contributed by atoms with Gasteiger partial charge in [-0.05, 0) is 50.8 Å². The molecule has 0 bridgehead atoms. The van der Waals surface area contributed by atoms with E-state index < -0.39 is 0 Å². The number of aryl methyl sites for hydroxylation is 3. The van der Waals surface area contributed by atoms with Crippen LogP contribution in [0.1, 0.15) is 46.5 Å². The van der Waals surface area contributed by atoms with E-state index in [1.165, 1.54) is 39.5 Å². The Bertz CT molecular complexity index is 617. The number of thiazole rings is 1. The van der Waals surface area contributed by atoms with Gasteiger partial charge >= 0.3 is 0 Å². The van der Waals surface area contributed by atoms with E-state index in [1.807, 2.05) is 11.3 Å². The van der Waals surface area contributed by atoms with Gasteiger partial charge in [0, 0.05) is 4.88 Å². The second-order valence-corrected chi connectivity index (χ2v) is 6.74. The van der Waals surface area contributed by atoms with Crippen LogP contribution in [-0.4, -0.2) is 12.0 Å². The molecule has 0 fully saturated rings. The minimum Gasteiger partial charge on any atom is -0.305 e. The summed E-state index contributed by atoms with van der Waals surface area (Å²) in [7, 11) is 2.07. The monoisotopic (exact) mass is 286 g/mol. The highest BCUT2D eigenvalue weighted by molar-refractivity contribution is 7.11. The Labute approximate surface area is 125 Å². The topological polar surface area (TPSA) is 24.9 Å². The van der Waals surface area contributed by atoms with Crippen molar-refractivity contribution in [3.63, 3.8) is 0 Å². The van der Waals surface area contributed by atoms with Crippen molar-refractivity contribution in [2.45, 2.75) is 45.1 Å². The molecule has 3 heteroatoms. The van der Waals surface area contributed by atoms with Crippen LogP contribution < -0.4 is 5.32 Å². The van der Waals surface area contributed by atoms with E-state index >= 15 is 0 Å². The summed E-state index contributed by atoms with van der Waals surface area (Å²) in [5.74, 6) is 0. The van der Waals surface area contributed by atoms with E-state index in [0.29, 0.717) is 0 Å². The van der Waals surface area contributed by atoms with E-state index in [1.54, 1.807) is 0 Å². The van der Waals surface area contributed by atoms with E-state index in [0.717, 1.165) is 12.8 Å². The van der Waals surface area contributed by atoms with E-state index in [2.05, 4.69) is 50.5 Å². The molecule has 20 heavy (non-hydrogen) atoms. The van der Waals surface area contributed by atoms with Crippen molar-refractivity contribution >= 4 is 11.3 Å². The minimum atomic E-state index is -0.0856. The molecule has 1 atom stereocenters. The third-order valence-corrected chi connectivity index (χ3v) is 5.67. The van der Waals surface area contributed by atoms with Crippen LogP contribution in [0.5, 0.6) is 0 Å². The summed E-state index contributed by atoms with van der Waals surface area (Å²) in [6.07, 6.45) is 4.56. The molecule has 106 valence electrons. The first-order chi connectivity index (χ1) is 9.71. The number of hydrogen-bond acceptors (Lipinski definition) is 3. The van der Waals surface area contributed by atoms with Gasteiger partial charge in [-0.15, -0.1) is 11.3 Å². The van der Waals surface area contributed by atoms with Crippen LogP contribution in [0.2, 0.25) is 0 Å². The van der Waals surface area contributed by atoms with Crippen LogP contribution in [-0.2, 0) is 18.4 Å². The van der Waals surface area contributed by atoms with E-state index in [-0.39, 0.29) is 5.54 Å². The molecule has 2 aromatic rings. The molecule has 1 aromatic carbocycles. The second-order valence-electron chi connectivity index (χ2n) is 5.54. The quantitative estimate of drug-likeness (QED) is 0.928. The lowest BCUT2D eigenvalue weighted by Crippen LogP contribution is -2.43. The van der Waals surface area contributed by atoms with Gasteiger partial charge in [0.1, 0.15) is 5.01 Å². The molecule has 0 saturated heterocycles. The molecule has 1 unspecified atom stereocenters. The van der Waals surface area contributed by atoms with Crippen molar-refractivity contribution in [2.75, 3.05) is 7.05 Å². The zero-order valence-electron chi connectivity index (χ0n) is 12.5. The third-order valence-electron chi connectivity index (χ3n) is 4.49. The molecule has 3 rings (SSSR count). The summed E-state index contributed by atoms with van der Waals surface area (Å²) in [6, 6.07) is 8.84. The van der Waals surface area contributed by atoms with Gasteiger partial charge in [0.05, 0.1) is 11.2 Å². The summed E-state index contributed by atoms with van der Waals surface area (Å²) in [6.45, 7) is 4.38. The van der Waals surface area contributed by atoms with Crippen molar-refractivity contribution in [3.8, 4) is 0 Å². The van der Waals surface area contributed by atoms with Crippen molar-refractivity contribution in [1.82, 2.24) is 10.3 Å². The molecule has 1 heterocycles. The number of fused-ring (bicyclic) bond motifs is 1. The maximum Gasteiger partial charge on any atom is 0.118 e. The molecule has 0 spiro atoms. The summed E-state index contributed by atoms with van der Waals surface area (Å²) < 4.78 is 0. The standard InChI is InChI=1S/C17H22N2S/c1-4-15-12(2)20-16(19-15)17(18-3)11-7-9-13-8-5-6-10-14(13)17/h5-6,8,10,18H,4,7,9,11H2,1-3H3. The first kappa shape index (κ1) is 13.8. The van der Waals surface area contributed by atoms with Gasteiger partial charge in [-0.3, -0.25) is 0 Å². The molecule has 0 radical (unpaired) electrons. The average molecular weight is 286 g/mol. The number of rotatable bonds is 3. The Kier molecular flexibility index (Phi) is 3.65. The van der Waals surface area contributed by atoms with Crippen LogP contribution in [0, 0.1) is 6.92 Å². The first-order valence-electron chi connectivity index (χ1n) is 7.45. The molecule has 1 aliphatic rings. The predicted octanol–water partition coefficient (Wildman–Crippen LogP) is 3.81. The molecular weight excluding hydrogens is 264 g/mol. The van der Waals surface area contributed by atoms with Crippen LogP contribution in [0.25, 0.3) is 0 Å². The highest BCUT2D eigenvalue weighted by atomic mass is 32.1. The fraction of sp³-hybridized carbons (Fsp3) is 0.471. The molecule has 1 aliphatic carbocycles. The molecule has 0 amide bonds. The number of nitrogens with zero attached hydrogens (tertiary/aromatic N) is 1. The van der Waals surface area contributed by atoms with Crippen molar-refractivity contribution in [2.24, 2.45) is 0 Å². The Hall–Kier alpha value is -1.19. The normalized spacial score (nSPS) is 21.8. The van der Waals surface area contributed by atoms with Crippen LogP contribution in [0.15, 0.2) is 24.3 Å². The first-order valence-corrected chi connectivity index (χ1v) is 8.27. The largest absolute Gasteiger partial charge is 0.305 e. The fourth-order valence-electron chi connectivity index (χ4n) is 3.36. The zero-order chi connectivity index (χ0) is 14.2. The maximum atomic E-state index is 4.95. The number of hydrogen-bond donors (Lipinski definition) is 1. The van der Waals surface area contributed by atoms with Gasteiger partial charge in [-0.2, -0.15) is 0 Å². The molecule has 0 saturated carbocycles. The lowest BCUT2D eigenvalue weighted by atomic mass is 9.77. The van der Waals surface area contributed by atoms with Gasteiger partial charge in [-0.1, -0.05) is 31.2 Å². The number of benzene rings is 1. The van der Waals surface area contributed by atoms with Gasteiger partial charge in [0.2, 0.25) is 0 Å².